The molecule has 0 amide bonds. The number of nitrogens with one attached hydrogen (secondary N) is 1. The van der Waals surface area contributed by atoms with Crippen LogP contribution in [0, 0.1) is 11.7 Å². The number of aromatic nitrogens is 3. The third-order valence-corrected chi connectivity index (χ3v) is 7.26. The minimum Gasteiger partial charge on any atom is -0.486 e. The van der Waals surface area contributed by atoms with Crippen molar-refractivity contribution in [2.75, 3.05) is 39.4 Å². The molecule has 1 saturated heterocycles. The monoisotopic (exact) mass is 481 g/mol. The van der Waals surface area contributed by atoms with Gasteiger partial charge in [-0.1, -0.05) is 0 Å². The number of piperidine rings is 1. The van der Waals surface area contributed by atoms with E-state index in [0.717, 1.165) is 12.2 Å². The smallest absolute Gasteiger partial charge is 0.251 e. The Morgan fingerprint density at radius 3 is 2.89 bits per heavy atom. The molecule has 0 saturated carbocycles. The average molecular weight is 482 g/mol. The molecule has 3 aliphatic rings. The third kappa shape index (κ3) is 4.26. The lowest BCUT2D eigenvalue weighted by atomic mass is 9.92. The predicted octanol–water partition coefficient (Wildman–Crippen LogP) is 1.27. The molecule has 2 N–H and O–H groups in total. The number of rotatable bonds is 6. The van der Waals surface area contributed by atoms with E-state index < -0.39 is 6.10 Å². The van der Waals surface area contributed by atoms with Crippen molar-refractivity contribution >= 4 is 11.0 Å². The van der Waals surface area contributed by atoms with Crippen LogP contribution in [0.1, 0.15) is 23.6 Å². The number of nitrogens with zero attached hydrogens (tertiary/aromatic N) is 4. The highest BCUT2D eigenvalue weighted by Gasteiger charge is 2.34. The fourth-order valence-electron chi connectivity index (χ4n) is 5.54. The fourth-order valence-corrected chi connectivity index (χ4v) is 5.54. The van der Waals surface area contributed by atoms with Gasteiger partial charge in [-0.05, 0) is 12.5 Å². The second-order valence-corrected chi connectivity index (χ2v) is 9.56. The lowest BCUT2D eigenvalue weighted by Gasteiger charge is -2.37. The van der Waals surface area contributed by atoms with Crippen molar-refractivity contribution in [3.05, 3.63) is 58.0 Å². The Hall–Kier alpha value is -3.08. The van der Waals surface area contributed by atoms with Crippen LogP contribution < -0.4 is 20.3 Å². The molecule has 3 aliphatic heterocycles. The summed E-state index contributed by atoms with van der Waals surface area (Å²) in [5, 5.41) is 14.0. The van der Waals surface area contributed by atoms with Crippen LogP contribution in [0.15, 0.2) is 35.4 Å². The van der Waals surface area contributed by atoms with Crippen LogP contribution in [-0.2, 0) is 13.1 Å². The van der Waals surface area contributed by atoms with Crippen molar-refractivity contribution in [2.24, 2.45) is 5.92 Å². The van der Waals surface area contributed by atoms with Gasteiger partial charge >= 0.3 is 0 Å². The number of ether oxygens (including phenoxy) is 2. The van der Waals surface area contributed by atoms with Crippen molar-refractivity contribution in [2.45, 2.75) is 31.5 Å². The van der Waals surface area contributed by atoms with Crippen LogP contribution >= 0.6 is 0 Å². The highest BCUT2D eigenvalue weighted by molar-refractivity contribution is 5.80. The summed E-state index contributed by atoms with van der Waals surface area (Å²) in [4.78, 5) is 23.2. The SMILES string of the molecule is O=c1ccc2ncc(F)c3c2n1CC3CN1CC[C@@H](O)[C@@H](CNCc2cc3c(cn2)OCCO3)C1. The first-order valence-electron chi connectivity index (χ1n) is 12.1. The largest absolute Gasteiger partial charge is 0.486 e. The molecule has 6 heterocycles. The van der Waals surface area contributed by atoms with Crippen LogP contribution in [0.3, 0.4) is 0 Å². The van der Waals surface area contributed by atoms with Gasteiger partial charge < -0.3 is 29.4 Å². The number of aliphatic hydroxyl groups excluding tert-OH is 1. The molecule has 1 unspecified atom stereocenters. The van der Waals surface area contributed by atoms with Gasteiger partial charge in [0.1, 0.15) is 19.0 Å². The number of likely N-dealkylation sites (tertiary alicyclic amines) is 1. The molecule has 0 aliphatic carbocycles. The van der Waals surface area contributed by atoms with E-state index in [2.05, 4.69) is 20.2 Å². The zero-order valence-corrected chi connectivity index (χ0v) is 19.3. The van der Waals surface area contributed by atoms with Gasteiger partial charge in [0.15, 0.2) is 11.5 Å². The normalized spacial score (nSPS) is 23.7. The molecule has 6 rings (SSSR count). The van der Waals surface area contributed by atoms with Crippen molar-refractivity contribution in [1.29, 1.82) is 0 Å². The number of hydrogen-bond donors (Lipinski definition) is 2. The summed E-state index contributed by atoms with van der Waals surface area (Å²) in [6.07, 6.45) is 3.19. The molecule has 184 valence electrons. The number of aliphatic hydroxyl groups is 1. The van der Waals surface area contributed by atoms with E-state index >= 15 is 0 Å². The van der Waals surface area contributed by atoms with Gasteiger partial charge in [-0.15, -0.1) is 0 Å². The Kier molecular flexibility index (Phi) is 5.87. The summed E-state index contributed by atoms with van der Waals surface area (Å²) < 4.78 is 27.6. The van der Waals surface area contributed by atoms with Gasteiger partial charge in [0.25, 0.3) is 5.56 Å². The van der Waals surface area contributed by atoms with Crippen molar-refractivity contribution < 1.29 is 19.0 Å². The predicted molar refractivity (Wildman–Crippen MR) is 126 cm³/mol. The van der Waals surface area contributed by atoms with Gasteiger partial charge in [0, 0.05) is 68.8 Å². The molecule has 3 aromatic heterocycles. The summed E-state index contributed by atoms with van der Waals surface area (Å²) in [6.45, 7) is 4.76. The maximum Gasteiger partial charge on any atom is 0.251 e. The molecule has 3 aromatic rings. The Morgan fingerprint density at radius 1 is 1.14 bits per heavy atom. The lowest BCUT2D eigenvalue weighted by Crippen LogP contribution is -2.48. The Balaban J connectivity index is 1.10. The van der Waals surface area contributed by atoms with E-state index in [4.69, 9.17) is 9.47 Å². The van der Waals surface area contributed by atoms with Crippen molar-refractivity contribution in [1.82, 2.24) is 24.8 Å². The average Bonchev–Trinajstić information content (AvgIpc) is 3.26. The molecule has 1 fully saturated rings. The van der Waals surface area contributed by atoms with E-state index in [0.29, 0.717) is 80.5 Å². The summed E-state index contributed by atoms with van der Waals surface area (Å²) in [7, 11) is 0. The molecule has 0 bridgehead atoms. The molecule has 35 heavy (non-hydrogen) atoms. The van der Waals surface area contributed by atoms with E-state index in [9.17, 15) is 14.3 Å². The highest BCUT2D eigenvalue weighted by Crippen LogP contribution is 2.35. The number of pyridine rings is 3. The first-order chi connectivity index (χ1) is 17.1. The maximum absolute atomic E-state index is 14.8. The standard InChI is InChI=1S/C25H28FN5O4/c26-18-10-29-19-1-2-23(33)31-14-16(24(18)25(19)31)13-30-4-3-20(32)15(12-30)8-27-9-17-7-21-22(11-28-17)35-6-5-34-21/h1-2,7,10-11,15-16,20,27,32H,3-6,8-9,12-14H2/t15-,16?,20+/m0/s1. The van der Waals surface area contributed by atoms with Crippen molar-refractivity contribution in [3.63, 3.8) is 0 Å². The molecule has 10 heteroatoms. The minimum absolute atomic E-state index is 0.0368. The molecular weight excluding hydrogens is 453 g/mol. The first-order valence-corrected chi connectivity index (χ1v) is 12.1. The lowest BCUT2D eigenvalue weighted by molar-refractivity contribution is 0.0243. The third-order valence-electron chi connectivity index (χ3n) is 7.26. The second-order valence-electron chi connectivity index (χ2n) is 9.56. The Morgan fingerprint density at radius 2 is 2.00 bits per heavy atom. The summed E-state index contributed by atoms with van der Waals surface area (Å²) in [6, 6.07) is 5.04. The molecule has 0 radical (unpaired) electrons. The van der Waals surface area contributed by atoms with Gasteiger partial charge in [-0.2, -0.15) is 0 Å². The van der Waals surface area contributed by atoms with Crippen LogP contribution in [0.25, 0.3) is 11.0 Å². The summed E-state index contributed by atoms with van der Waals surface area (Å²) in [5.74, 6) is 0.927. The summed E-state index contributed by atoms with van der Waals surface area (Å²) in [5.41, 5.74) is 2.57. The zero-order valence-electron chi connectivity index (χ0n) is 19.3. The molecule has 3 atom stereocenters. The van der Waals surface area contributed by atoms with Gasteiger partial charge in [-0.3, -0.25) is 14.8 Å². The van der Waals surface area contributed by atoms with E-state index in [-0.39, 0.29) is 23.2 Å². The minimum atomic E-state index is -0.403. The highest BCUT2D eigenvalue weighted by atomic mass is 19.1. The molecule has 0 aromatic carbocycles. The van der Waals surface area contributed by atoms with E-state index in [1.807, 2.05) is 6.07 Å². The number of halogens is 1. The zero-order chi connectivity index (χ0) is 23.9. The van der Waals surface area contributed by atoms with Gasteiger partial charge in [0.05, 0.1) is 35.2 Å². The van der Waals surface area contributed by atoms with Crippen LogP contribution in [0.4, 0.5) is 4.39 Å². The maximum atomic E-state index is 14.8. The quantitative estimate of drug-likeness (QED) is 0.543. The Labute approximate surface area is 201 Å². The first kappa shape index (κ1) is 22.4. The molecular formula is C25H28FN5O4. The number of hydrogen-bond acceptors (Lipinski definition) is 8. The fraction of sp³-hybridized carbons (Fsp3) is 0.480. The van der Waals surface area contributed by atoms with Crippen LogP contribution in [0.5, 0.6) is 11.5 Å². The van der Waals surface area contributed by atoms with E-state index in [1.165, 1.54) is 12.3 Å². The summed E-state index contributed by atoms with van der Waals surface area (Å²) >= 11 is 0. The van der Waals surface area contributed by atoms with Gasteiger partial charge in [-0.25, -0.2) is 4.39 Å². The molecule has 9 nitrogen and oxygen atoms in total. The van der Waals surface area contributed by atoms with Crippen LogP contribution in [0.2, 0.25) is 0 Å². The van der Waals surface area contributed by atoms with Crippen molar-refractivity contribution in [3.8, 4) is 11.5 Å². The van der Waals surface area contributed by atoms with Crippen LogP contribution in [-0.4, -0.2) is 70.0 Å². The van der Waals surface area contributed by atoms with E-state index in [1.54, 1.807) is 16.8 Å². The topological polar surface area (TPSA) is 102 Å². The Bertz CT molecular complexity index is 1310. The number of fused-ring (bicyclic) bond motifs is 1. The van der Waals surface area contributed by atoms with Gasteiger partial charge in [0.2, 0.25) is 0 Å². The molecule has 0 spiro atoms. The second kappa shape index (κ2) is 9.18.